The lowest BCUT2D eigenvalue weighted by Crippen LogP contribution is -2.21. The van der Waals surface area contributed by atoms with E-state index >= 15 is 0 Å². The largest absolute Gasteiger partial charge is 0.462 e. The number of aromatic nitrogens is 1. The molecule has 0 aliphatic heterocycles. The number of pyridine rings is 1. The van der Waals surface area contributed by atoms with Gasteiger partial charge in [0.15, 0.2) is 0 Å². The Labute approximate surface area is 111 Å². The lowest BCUT2D eigenvalue weighted by atomic mass is 10.2. The van der Waals surface area contributed by atoms with Crippen molar-refractivity contribution < 1.29 is 14.3 Å². The van der Waals surface area contributed by atoms with Gasteiger partial charge in [0, 0.05) is 20.0 Å². The zero-order valence-corrected chi connectivity index (χ0v) is 11.0. The van der Waals surface area contributed by atoms with Crippen molar-refractivity contribution in [1.29, 1.82) is 0 Å². The summed E-state index contributed by atoms with van der Waals surface area (Å²) >= 11 is 0. The number of hydrogen-bond acceptors (Lipinski definition) is 6. The molecule has 0 spiro atoms. The number of nitrogens with zero attached hydrogens (tertiary/aromatic N) is 1. The Morgan fingerprint density at radius 1 is 1.47 bits per heavy atom. The molecule has 1 aromatic heterocycles. The summed E-state index contributed by atoms with van der Waals surface area (Å²) < 4.78 is 4.93. The molecule has 0 fully saturated rings. The first-order valence-electron chi connectivity index (χ1n) is 5.95. The Balaban J connectivity index is 2.76. The maximum atomic E-state index is 11.7. The van der Waals surface area contributed by atoms with Gasteiger partial charge in [0.05, 0.1) is 24.1 Å². The SMILES string of the molecule is CCOC(=O)c1cc(N)ncc1NCCC(=O)NC. The van der Waals surface area contributed by atoms with E-state index in [1.54, 1.807) is 14.0 Å². The molecule has 19 heavy (non-hydrogen) atoms. The van der Waals surface area contributed by atoms with Crippen LogP contribution in [0.4, 0.5) is 11.5 Å². The molecule has 1 amide bonds. The first-order chi connectivity index (χ1) is 9.08. The van der Waals surface area contributed by atoms with Gasteiger partial charge in [-0.15, -0.1) is 0 Å². The molecule has 1 heterocycles. The fraction of sp³-hybridized carbons (Fsp3) is 0.417. The highest BCUT2D eigenvalue weighted by atomic mass is 16.5. The van der Waals surface area contributed by atoms with Crippen LogP contribution in [0, 0.1) is 0 Å². The topological polar surface area (TPSA) is 106 Å². The molecule has 0 unspecified atom stereocenters. The molecular weight excluding hydrogens is 248 g/mol. The van der Waals surface area contributed by atoms with Crippen LogP contribution in [-0.4, -0.2) is 37.1 Å². The lowest BCUT2D eigenvalue weighted by molar-refractivity contribution is -0.120. The van der Waals surface area contributed by atoms with E-state index in [1.165, 1.54) is 12.3 Å². The maximum absolute atomic E-state index is 11.7. The average molecular weight is 266 g/mol. The van der Waals surface area contributed by atoms with Gasteiger partial charge in [-0.3, -0.25) is 4.79 Å². The Morgan fingerprint density at radius 2 is 2.21 bits per heavy atom. The van der Waals surface area contributed by atoms with Crippen LogP contribution in [-0.2, 0) is 9.53 Å². The Bertz CT molecular complexity index is 462. The van der Waals surface area contributed by atoms with E-state index < -0.39 is 5.97 Å². The fourth-order valence-corrected chi connectivity index (χ4v) is 1.43. The number of esters is 1. The number of carbonyl (C=O) groups excluding carboxylic acids is 2. The second kappa shape index (κ2) is 7.20. The van der Waals surface area contributed by atoms with Crippen molar-refractivity contribution in [2.45, 2.75) is 13.3 Å². The first kappa shape index (κ1) is 14.7. The number of nitrogens with one attached hydrogen (secondary N) is 2. The average Bonchev–Trinajstić information content (AvgIpc) is 2.40. The van der Waals surface area contributed by atoms with Gasteiger partial charge in [-0.25, -0.2) is 9.78 Å². The molecule has 0 aliphatic rings. The van der Waals surface area contributed by atoms with Crippen molar-refractivity contribution in [2.24, 2.45) is 0 Å². The Hall–Kier alpha value is -2.31. The van der Waals surface area contributed by atoms with Gasteiger partial charge in [0.1, 0.15) is 5.82 Å². The Morgan fingerprint density at radius 3 is 2.84 bits per heavy atom. The van der Waals surface area contributed by atoms with Crippen molar-refractivity contribution in [3.05, 3.63) is 17.8 Å². The van der Waals surface area contributed by atoms with Gasteiger partial charge in [0.25, 0.3) is 0 Å². The van der Waals surface area contributed by atoms with Crippen LogP contribution in [0.3, 0.4) is 0 Å². The number of nitrogens with two attached hydrogens (primary N) is 1. The normalized spacial score (nSPS) is 9.79. The summed E-state index contributed by atoms with van der Waals surface area (Å²) in [6.07, 6.45) is 1.74. The highest BCUT2D eigenvalue weighted by molar-refractivity contribution is 5.96. The van der Waals surface area contributed by atoms with Gasteiger partial charge in [-0.1, -0.05) is 0 Å². The summed E-state index contributed by atoms with van der Waals surface area (Å²) in [6, 6.07) is 1.44. The molecule has 7 nitrogen and oxygen atoms in total. The van der Waals surface area contributed by atoms with E-state index in [1.807, 2.05) is 0 Å². The molecular formula is C12H18N4O3. The highest BCUT2D eigenvalue weighted by Crippen LogP contribution is 2.17. The van der Waals surface area contributed by atoms with Crippen molar-refractivity contribution in [1.82, 2.24) is 10.3 Å². The summed E-state index contributed by atoms with van der Waals surface area (Å²) in [7, 11) is 1.57. The molecule has 0 aliphatic carbocycles. The van der Waals surface area contributed by atoms with Gasteiger partial charge < -0.3 is 21.1 Å². The number of nitrogen functional groups attached to an aromatic ring is 1. The molecule has 0 radical (unpaired) electrons. The van der Waals surface area contributed by atoms with Crippen LogP contribution in [0.1, 0.15) is 23.7 Å². The van der Waals surface area contributed by atoms with Gasteiger partial charge in [-0.2, -0.15) is 0 Å². The summed E-state index contributed by atoms with van der Waals surface area (Å²) in [5.41, 5.74) is 6.36. The molecule has 104 valence electrons. The summed E-state index contributed by atoms with van der Waals surface area (Å²) in [5.74, 6) is -0.326. The third-order valence-electron chi connectivity index (χ3n) is 2.37. The number of carbonyl (C=O) groups is 2. The van der Waals surface area contributed by atoms with Gasteiger partial charge >= 0.3 is 5.97 Å². The first-order valence-corrected chi connectivity index (χ1v) is 5.95. The monoisotopic (exact) mass is 266 g/mol. The molecule has 0 saturated carbocycles. The van der Waals surface area contributed by atoms with Crippen molar-refractivity contribution in [2.75, 3.05) is 31.2 Å². The van der Waals surface area contributed by atoms with Crippen molar-refractivity contribution in [3.8, 4) is 0 Å². The van der Waals surface area contributed by atoms with Crippen LogP contribution in [0.25, 0.3) is 0 Å². The van der Waals surface area contributed by atoms with E-state index in [2.05, 4.69) is 15.6 Å². The van der Waals surface area contributed by atoms with Gasteiger partial charge in [-0.05, 0) is 13.0 Å². The number of rotatable bonds is 6. The minimum Gasteiger partial charge on any atom is -0.462 e. The molecule has 7 heteroatoms. The Kier molecular flexibility index (Phi) is 5.59. The lowest BCUT2D eigenvalue weighted by Gasteiger charge is -2.11. The molecule has 0 bridgehead atoms. The van der Waals surface area contributed by atoms with E-state index in [0.29, 0.717) is 24.2 Å². The summed E-state index contributed by atoms with van der Waals surface area (Å²) in [6.45, 7) is 2.39. The standard InChI is InChI=1S/C12H18N4O3/c1-3-19-12(18)8-6-10(13)16-7-9(8)15-5-4-11(17)14-2/h6-7,15H,3-5H2,1-2H3,(H2,13,16)(H,14,17). The zero-order valence-electron chi connectivity index (χ0n) is 11.0. The predicted octanol–water partition coefficient (Wildman–Crippen LogP) is 0.388. The van der Waals surface area contributed by atoms with Crippen LogP contribution >= 0.6 is 0 Å². The minimum absolute atomic E-state index is 0.0893. The smallest absolute Gasteiger partial charge is 0.340 e. The number of ether oxygens (including phenoxy) is 1. The number of anilines is 2. The highest BCUT2D eigenvalue weighted by Gasteiger charge is 2.13. The quantitative estimate of drug-likeness (QED) is 0.643. The molecule has 1 aromatic rings. The predicted molar refractivity (Wildman–Crippen MR) is 71.8 cm³/mol. The molecule has 1 rings (SSSR count). The van der Waals surface area contributed by atoms with Crippen LogP contribution in [0.2, 0.25) is 0 Å². The second-order valence-electron chi connectivity index (χ2n) is 3.73. The zero-order chi connectivity index (χ0) is 14.3. The molecule has 0 aromatic carbocycles. The maximum Gasteiger partial charge on any atom is 0.340 e. The van der Waals surface area contributed by atoms with E-state index in [0.717, 1.165) is 0 Å². The minimum atomic E-state index is -0.473. The number of amides is 1. The molecule has 0 atom stereocenters. The van der Waals surface area contributed by atoms with Crippen LogP contribution in [0.5, 0.6) is 0 Å². The fourth-order valence-electron chi connectivity index (χ4n) is 1.43. The number of hydrogen-bond donors (Lipinski definition) is 3. The van der Waals surface area contributed by atoms with E-state index in [4.69, 9.17) is 10.5 Å². The molecule has 0 saturated heterocycles. The summed E-state index contributed by atoms with van der Waals surface area (Å²) in [4.78, 5) is 26.8. The molecule has 4 N–H and O–H groups in total. The third kappa shape index (κ3) is 4.46. The van der Waals surface area contributed by atoms with Crippen LogP contribution in [0.15, 0.2) is 12.3 Å². The van der Waals surface area contributed by atoms with Crippen LogP contribution < -0.4 is 16.4 Å². The van der Waals surface area contributed by atoms with Crippen molar-refractivity contribution >= 4 is 23.4 Å². The second-order valence-corrected chi connectivity index (χ2v) is 3.73. The van der Waals surface area contributed by atoms with Crippen molar-refractivity contribution in [3.63, 3.8) is 0 Å². The van der Waals surface area contributed by atoms with Gasteiger partial charge in [0.2, 0.25) is 5.91 Å². The third-order valence-corrected chi connectivity index (χ3v) is 2.37. The van der Waals surface area contributed by atoms with E-state index in [9.17, 15) is 9.59 Å². The summed E-state index contributed by atoms with van der Waals surface area (Å²) in [5, 5.41) is 5.48. The van der Waals surface area contributed by atoms with E-state index in [-0.39, 0.29) is 18.3 Å².